The van der Waals surface area contributed by atoms with Crippen LogP contribution in [-0.2, 0) is 26.8 Å². The lowest BCUT2D eigenvalue weighted by Crippen LogP contribution is -2.36. The lowest BCUT2D eigenvalue weighted by Gasteiger charge is -2.20. The first-order chi connectivity index (χ1) is 18.9. The number of benzene rings is 2. The summed E-state index contributed by atoms with van der Waals surface area (Å²) in [4.78, 5) is 5.09. The van der Waals surface area contributed by atoms with E-state index in [9.17, 15) is 25.9 Å². The minimum Gasteiger partial charge on any atom is -0.335 e. The SMILES string of the molecule is Cc1cc2c(cc1S)sc(C=C1Sc3ccc(-c4cccs4)cc3N1CCCS(=O)(=O)O)[n+]2CCCS(=O)(=O)O. The number of thiol groups is 1. The van der Waals surface area contributed by atoms with Gasteiger partial charge in [0.15, 0.2) is 6.54 Å². The molecule has 0 saturated heterocycles. The fraction of sp³-hybridized carbons (Fsp3) is 0.269. The highest BCUT2D eigenvalue weighted by Crippen LogP contribution is 2.48. The number of fused-ring (bicyclic) bond motifs is 2. The molecule has 4 aromatic rings. The summed E-state index contributed by atoms with van der Waals surface area (Å²) < 4.78 is 67.3. The Morgan fingerprint density at radius 1 is 1.02 bits per heavy atom. The zero-order valence-electron chi connectivity index (χ0n) is 21.3. The van der Waals surface area contributed by atoms with E-state index in [1.807, 2.05) is 36.6 Å². The fourth-order valence-corrected chi connectivity index (χ4v) is 8.85. The van der Waals surface area contributed by atoms with Gasteiger partial charge >= 0.3 is 0 Å². The zero-order valence-corrected chi connectivity index (χ0v) is 26.3. The maximum atomic E-state index is 11.5. The maximum absolute atomic E-state index is 11.5. The first kappa shape index (κ1) is 29.6. The summed E-state index contributed by atoms with van der Waals surface area (Å²) in [6.45, 7) is 2.73. The van der Waals surface area contributed by atoms with Crippen LogP contribution in [0, 0.1) is 6.92 Å². The number of thiophene rings is 1. The van der Waals surface area contributed by atoms with Crippen LogP contribution < -0.4 is 9.47 Å². The van der Waals surface area contributed by atoms with E-state index < -0.39 is 20.2 Å². The molecular weight excluding hydrogens is 629 g/mol. The molecule has 3 heterocycles. The van der Waals surface area contributed by atoms with E-state index >= 15 is 0 Å². The van der Waals surface area contributed by atoms with Crippen molar-refractivity contribution in [1.29, 1.82) is 0 Å². The molecule has 1 aliphatic heterocycles. The van der Waals surface area contributed by atoms with Gasteiger partial charge in [0.25, 0.3) is 25.2 Å². The number of hydrogen-bond donors (Lipinski definition) is 3. The second-order valence-electron chi connectivity index (χ2n) is 9.37. The molecule has 0 unspecified atom stereocenters. The summed E-state index contributed by atoms with van der Waals surface area (Å²) in [6, 6.07) is 14.3. The molecule has 0 fully saturated rings. The van der Waals surface area contributed by atoms with Crippen LogP contribution in [0.4, 0.5) is 5.69 Å². The second-order valence-corrected chi connectivity index (χ2v) is 16.1. The summed E-state index contributed by atoms with van der Waals surface area (Å²) in [5.41, 5.74) is 3.96. The summed E-state index contributed by atoms with van der Waals surface area (Å²) in [7, 11) is -8.19. The van der Waals surface area contributed by atoms with Gasteiger partial charge in [-0.25, -0.2) is 0 Å². The first-order valence-electron chi connectivity index (χ1n) is 12.3. The molecule has 0 spiro atoms. The van der Waals surface area contributed by atoms with Crippen LogP contribution in [0.15, 0.2) is 62.7 Å². The van der Waals surface area contributed by atoms with Crippen LogP contribution in [-0.4, -0.2) is 44.0 Å². The molecule has 2 N–H and O–H groups in total. The molecule has 14 heteroatoms. The van der Waals surface area contributed by atoms with Gasteiger partial charge in [0.2, 0.25) is 5.52 Å². The molecule has 2 aromatic heterocycles. The standard InChI is InChI=1S/C26H26N2O6S6/c1-17-13-19-24(15-21(17)35)38-26(27(19)8-3-11-39(29,30)31)16-25-28(9-4-12-40(32,33)34)20-14-18(6-7-23(20)37-25)22-5-2-10-36-22/h2,5-7,10,13-16H,3-4,8-9,11-12H2,1H3,(H2-,29,30,31,32,33,34,35)/p+1. The van der Waals surface area contributed by atoms with Gasteiger partial charge in [0.1, 0.15) is 4.70 Å². The van der Waals surface area contributed by atoms with Gasteiger partial charge in [-0.15, -0.1) is 24.0 Å². The van der Waals surface area contributed by atoms with Gasteiger partial charge in [0, 0.05) is 33.7 Å². The molecule has 0 amide bonds. The minimum absolute atomic E-state index is 0.238. The van der Waals surface area contributed by atoms with E-state index in [1.54, 1.807) is 34.4 Å². The van der Waals surface area contributed by atoms with Crippen LogP contribution in [0.3, 0.4) is 0 Å². The van der Waals surface area contributed by atoms with E-state index in [-0.39, 0.29) is 24.3 Å². The highest BCUT2D eigenvalue weighted by molar-refractivity contribution is 8.04. The van der Waals surface area contributed by atoms with E-state index in [0.717, 1.165) is 51.7 Å². The predicted octanol–water partition coefficient (Wildman–Crippen LogP) is 5.98. The van der Waals surface area contributed by atoms with Gasteiger partial charge in [-0.1, -0.05) is 35.2 Å². The number of hydrogen-bond acceptors (Lipinski definition) is 9. The Balaban J connectivity index is 1.56. The van der Waals surface area contributed by atoms with Crippen molar-refractivity contribution in [3.05, 3.63) is 63.4 Å². The molecule has 5 rings (SSSR count). The van der Waals surface area contributed by atoms with Crippen LogP contribution in [0.1, 0.15) is 23.4 Å². The van der Waals surface area contributed by atoms with Crippen molar-refractivity contribution in [3.8, 4) is 10.4 Å². The van der Waals surface area contributed by atoms with Crippen molar-refractivity contribution in [2.45, 2.75) is 36.1 Å². The molecule has 0 atom stereocenters. The molecule has 40 heavy (non-hydrogen) atoms. The van der Waals surface area contributed by atoms with Gasteiger partial charge in [0.05, 0.1) is 28.3 Å². The monoisotopic (exact) mass is 655 g/mol. The molecule has 2 aromatic carbocycles. The number of thiazole rings is 1. The molecular formula is C26H27N2O6S6+. The van der Waals surface area contributed by atoms with Crippen molar-refractivity contribution >= 4 is 89.3 Å². The van der Waals surface area contributed by atoms with Crippen LogP contribution in [0.2, 0.25) is 0 Å². The highest BCUT2D eigenvalue weighted by atomic mass is 32.2. The average molecular weight is 656 g/mol. The minimum atomic E-state index is -4.10. The smallest absolute Gasteiger partial charge is 0.265 e. The van der Waals surface area contributed by atoms with Crippen molar-refractivity contribution in [3.63, 3.8) is 0 Å². The van der Waals surface area contributed by atoms with Crippen molar-refractivity contribution < 1.29 is 30.5 Å². The molecule has 0 bridgehead atoms. The lowest BCUT2D eigenvalue weighted by molar-refractivity contribution is -0.668. The van der Waals surface area contributed by atoms with Crippen LogP contribution >= 0.6 is 47.1 Å². The molecule has 0 radical (unpaired) electrons. The van der Waals surface area contributed by atoms with Gasteiger partial charge in [-0.2, -0.15) is 21.4 Å². The maximum Gasteiger partial charge on any atom is 0.265 e. The first-order valence-corrected chi connectivity index (χ1v) is 18.5. The largest absolute Gasteiger partial charge is 0.335 e. The Kier molecular flexibility index (Phi) is 8.70. The fourth-order valence-electron chi connectivity index (χ4n) is 4.53. The van der Waals surface area contributed by atoms with Crippen molar-refractivity contribution in [2.24, 2.45) is 0 Å². The molecule has 8 nitrogen and oxygen atoms in total. The number of aromatic nitrogens is 1. The van der Waals surface area contributed by atoms with Gasteiger partial charge < -0.3 is 4.90 Å². The lowest BCUT2D eigenvalue weighted by atomic mass is 10.1. The van der Waals surface area contributed by atoms with Crippen molar-refractivity contribution in [2.75, 3.05) is 23.0 Å². The Hall–Kier alpha value is -1.91. The molecule has 1 aliphatic rings. The zero-order chi connectivity index (χ0) is 28.7. The van der Waals surface area contributed by atoms with Crippen LogP contribution in [0.25, 0.3) is 26.7 Å². The van der Waals surface area contributed by atoms with E-state index in [1.165, 1.54) is 0 Å². The highest BCUT2D eigenvalue weighted by Gasteiger charge is 2.29. The Morgan fingerprint density at radius 2 is 1.77 bits per heavy atom. The van der Waals surface area contributed by atoms with E-state index in [4.69, 9.17) is 0 Å². The Morgan fingerprint density at radius 3 is 2.48 bits per heavy atom. The predicted molar refractivity (Wildman–Crippen MR) is 167 cm³/mol. The van der Waals surface area contributed by atoms with E-state index in [2.05, 4.69) is 46.4 Å². The summed E-state index contributed by atoms with van der Waals surface area (Å²) in [5.74, 6) is -0.686. The molecule has 0 saturated carbocycles. The third-order valence-corrected chi connectivity index (χ3v) is 11.6. The average Bonchev–Trinajstić information content (AvgIpc) is 3.58. The number of thioether (sulfide) groups is 1. The quantitative estimate of drug-likeness (QED) is 0.109. The number of aryl methyl sites for hydroxylation is 2. The Labute approximate surface area is 251 Å². The third-order valence-electron chi connectivity index (χ3n) is 6.40. The topological polar surface area (TPSA) is 116 Å². The van der Waals surface area contributed by atoms with Gasteiger partial charge in [-0.05, 0) is 54.1 Å². The van der Waals surface area contributed by atoms with Crippen LogP contribution in [0.5, 0.6) is 0 Å². The summed E-state index contributed by atoms with van der Waals surface area (Å²) in [6.07, 6.45) is 2.51. The molecule has 0 aliphatic carbocycles. The van der Waals surface area contributed by atoms with E-state index in [0.29, 0.717) is 13.1 Å². The summed E-state index contributed by atoms with van der Waals surface area (Å²) in [5, 5.41) is 3.80. The second kappa shape index (κ2) is 11.8. The normalized spacial score (nSPS) is 14.9. The Bertz CT molecular complexity index is 1810. The number of nitrogens with zero attached hydrogens (tertiary/aromatic N) is 2. The summed E-state index contributed by atoms with van der Waals surface area (Å²) >= 11 is 9.35. The van der Waals surface area contributed by atoms with Gasteiger partial charge in [-0.3, -0.25) is 9.11 Å². The van der Waals surface area contributed by atoms with Crippen molar-refractivity contribution in [1.82, 2.24) is 0 Å². The number of rotatable bonds is 10. The molecule has 212 valence electrons. The third kappa shape index (κ3) is 6.93. The number of anilines is 1.